The van der Waals surface area contributed by atoms with Crippen molar-refractivity contribution in [1.29, 1.82) is 0 Å². The highest BCUT2D eigenvalue weighted by Crippen LogP contribution is 2.44. The van der Waals surface area contributed by atoms with Crippen LogP contribution in [0.15, 0.2) is 24.3 Å². The molecule has 2 atom stereocenters. The van der Waals surface area contributed by atoms with E-state index in [2.05, 4.69) is 0 Å². The maximum absolute atomic E-state index is 11.8. The van der Waals surface area contributed by atoms with Gasteiger partial charge in [0, 0.05) is 10.6 Å². The maximum atomic E-state index is 11.8. The Morgan fingerprint density at radius 1 is 1.19 bits per heavy atom. The normalized spacial score (nSPS) is 24.2. The molecule has 0 aromatic heterocycles. The number of rotatable bonds is 2. The van der Waals surface area contributed by atoms with Crippen LogP contribution in [0.3, 0.4) is 0 Å². The molecule has 0 spiro atoms. The van der Waals surface area contributed by atoms with E-state index in [0.717, 1.165) is 0 Å². The summed E-state index contributed by atoms with van der Waals surface area (Å²) in [5.41, 5.74) is 0.492. The molecule has 0 amide bonds. The molecule has 86 valence electrons. The van der Waals surface area contributed by atoms with Gasteiger partial charge in [0.15, 0.2) is 11.9 Å². The van der Waals surface area contributed by atoms with E-state index < -0.39 is 16.0 Å². The summed E-state index contributed by atoms with van der Waals surface area (Å²) in [7, 11) is 0. The summed E-state index contributed by atoms with van der Waals surface area (Å²) >= 11 is 22.6. The van der Waals surface area contributed by atoms with Gasteiger partial charge >= 0.3 is 0 Å². The van der Waals surface area contributed by atoms with Gasteiger partial charge in [-0.15, -0.1) is 0 Å². The van der Waals surface area contributed by atoms with E-state index in [9.17, 15) is 4.79 Å². The zero-order valence-electron chi connectivity index (χ0n) is 7.79. The molecule has 6 heteroatoms. The fraction of sp³-hybridized carbons (Fsp3) is 0.300. The van der Waals surface area contributed by atoms with E-state index >= 15 is 0 Å². The molecule has 1 aromatic carbocycles. The SMILES string of the molecule is O=C(c1ccc(Cl)cc1)[C@@H]1O[C@@H]1C(Cl)(Cl)Cl. The van der Waals surface area contributed by atoms with E-state index in [1.165, 1.54) is 0 Å². The van der Waals surface area contributed by atoms with Gasteiger partial charge in [0.2, 0.25) is 3.79 Å². The number of halogens is 4. The van der Waals surface area contributed by atoms with Gasteiger partial charge in [0.25, 0.3) is 0 Å². The predicted molar refractivity (Wildman–Crippen MR) is 64.7 cm³/mol. The standard InChI is InChI=1S/C10H6Cl4O2/c11-6-3-1-5(2-4-6)7(15)8-9(16-8)10(12,13)14/h1-4,8-9H/t8-,9-/m0/s1. The third kappa shape index (κ3) is 2.63. The smallest absolute Gasteiger partial charge is 0.219 e. The van der Waals surface area contributed by atoms with Crippen LogP contribution in [0.2, 0.25) is 5.02 Å². The first-order valence-corrected chi connectivity index (χ1v) is 5.93. The van der Waals surface area contributed by atoms with Crippen LogP contribution >= 0.6 is 46.4 Å². The van der Waals surface area contributed by atoms with E-state index in [4.69, 9.17) is 51.1 Å². The van der Waals surface area contributed by atoms with Crippen LogP contribution in [0.5, 0.6) is 0 Å². The molecule has 1 aliphatic rings. The number of carbonyl (C=O) groups is 1. The summed E-state index contributed by atoms with van der Waals surface area (Å²) in [6.07, 6.45) is -1.34. The Hall–Kier alpha value is 0.01000. The van der Waals surface area contributed by atoms with E-state index in [0.29, 0.717) is 10.6 Å². The molecule has 0 unspecified atom stereocenters. The molecule has 2 rings (SSSR count). The van der Waals surface area contributed by atoms with Crippen LogP contribution < -0.4 is 0 Å². The van der Waals surface area contributed by atoms with Crippen molar-refractivity contribution >= 4 is 52.2 Å². The number of benzene rings is 1. The highest BCUT2D eigenvalue weighted by molar-refractivity contribution is 6.68. The molecule has 1 saturated heterocycles. The quantitative estimate of drug-likeness (QED) is 0.474. The summed E-state index contributed by atoms with van der Waals surface area (Å²) in [6, 6.07) is 6.48. The van der Waals surface area contributed by atoms with Gasteiger partial charge in [0.1, 0.15) is 6.10 Å². The molecule has 1 aliphatic heterocycles. The van der Waals surface area contributed by atoms with Gasteiger partial charge in [-0.1, -0.05) is 46.4 Å². The minimum absolute atomic E-state index is 0.201. The molecular formula is C10H6Cl4O2. The van der Waals surface area contributed by atoms with Crippen LogP contribution in [0.25, 0.3) is 0 Å². The Bertz CT molecular complexity index is 410. The Labute approximate surface area is 112 Å². The van der Waals surface area contributed by atoms with E-state index in [1.807, 2.05) is 0 Å². The van der Waals surface area contributed by atoms with Gasteiger partial charge < -0.3 is 4.74 Å². The summed E-state index contributed by atoms with van der Waals surface area (Å²) in [5, 5.41) is 0.561. The van der Waals surface area contributed by atoms with Crippen molar-refractivity contribution in [2.45, 2.75) is 16.0 Å². The molecule has 1 fully saturated rings. The van der Waals surface area contributed by atoms with Crippen LogP contribution in [0, 0.1) is 0 Å². The molecule has 0 radical (unpaired) electrons. The van der Waals surface area contributed by atoms with Crippen molar-refractivity contribution in [1.82, 2.24) is 0 Å². The number of epoxide rings is 1. The number of alkyl halides is 3. The lowest BCUT2D eigenvalue weighted by Gasteiger charge is -2.05. The molecule has 0 bridgehead atoms. The number of hydrogen-bond acceptors (Lipinski definition) is 2. The fourth-order valence-corrected chi connectivity index (χ4v) is 1.96. The van der Waals surface area contributed by atoms with Crippen LogP contribution in [0.4, 0.5) is 0 Å². The molecule has 0 aliphatic carbocycles. The lowest BCUT2D eigenvalue weighted by Crippen LogP contribution is -2.19. The molecule has 0 N–H and O–H groups in total. The highest BCUT2D eigenvalue weighted by atomic mass is 35.6. The fourth-order valence-electron chi connectivity index (χ4n) is 1.34. The molecule has 1 heterocycles. The topological polar surface area (TPSA) is 29.6 Å². The van der Waals surface area contributed by atoms with Gasteiger partial charge in [0.05, 0.1) is 0 Å². The van der Waals surface area contributed by atoms with Crippen LogP contribution in [-0.4, -0.2) is 21.8 Å². The second-order valence-corrected chi connectivity index (χ2v) is 6.20. The number of Topliss-reactive ketones (excluding diaryl/α,β-unsaturated/α-hetero) is 1. The van der Waals surface area contributed by atoms with Crippen molar-refractivity contribution in [3.63, 3.8) is 0 Å². The third-order valence-corrected chi connectivity index (χ3v) is 3.10. The monoisotopic (exact) mass is 298 g/mol. The molecule has 0 saturated carbocycles. The second-order valence-electron chi connectivity index (χ2n) is 3.39. The lowest BCUT2D eigenvalue weighted by atomic mass is 10.1. The van der Waals surface area contributed by atoms with E-state index in [-0.39, 0.29) is 5.78 Å². The zero-order chi connectivity index (χ0) is 11.9. The minimum atomic E-state index is -1.56. The van der Waals surface area contributed by atoms with Gasteiger partial charge in [-0.2, -0.15) is 0 Å². The first-order chi connectivity index (χ1) is 7.39. The summed E-state index contributed by atoms with van der Waals surface area (Å²) in [5.74, 6) is -0.201. The number of ketones is 1. The zero-order valence-corrected chi connectivity index (χ0v) is 10.8. The van der Waals surface area contributed by atoms with Gasteiger partial charge in [-0.25, -0.2) is 0 Å². The van der Waals surface area contributed by atoms with Crippen LogP contribution in [-0.2, 0) is 4.74 Å². The maximum Gasteiger partial charge on any atom is 0.219 e. The van der Waals surface area contributed by atoms with Gasteiger partial charge in [-0.3, -0.25) is 4.79 Å². The predicted octanol–water partition coefficient (Wildman–Crippen LogP) is 3.66. The van der Waals surface area contributed by atoms with Crippen molar-refractivity contribution in [3.8, 4) is 0 Å². The Kier molecular flexibility index (Phi) is 3.39. The minimum Gasteiger partial charge on any atom is -0.356 e. The number of carbonyl (C=O) groups excluding carboxylic acids is 1. The van der Waals surface area contributed by atoms with Crippen molar-refractivity contribution in [2.24, 2.45) is 0 Å². The first kappa shape index (κ1) is 12.5. The van der Waals surface area contributed by atoms with Crippen LogP contribution in [0.1, 0.15) is 10.4 Å². The second kappa shape index (κ2) is 4.35. The summed E-state index contributed by atoms with van der Waals surface area (Å²) < 4.78 is 3.49. The Morgan fingerprint density at radius 3 is 2.19 bits per heavy atom. The van der Waals surface area contributed by atoms with Gasteiger partial charge in [-0.05, 0) is 24.3 Å². The molecular weight excluding hydrogens is 294 g/mol. The average molecular weight is 300 g/mol. The largest absolute Gasteiger partial charge is 0.356 e. The third-order valence-electron chi connectivity index (χ3n) is 2.20. The van der Waals surface area contributed by atoms with Crippen molar-refractivity contribution < 1.29 is 9.53 Å². The highest BCUT2D eigenvalue weighted by Gasteiger charge is 2.56. The molecule has 2 nitrogen and oxygen atoms in total. The Morgan fingerprint density at radius 2 is 1.75 bits per heavy atom. The number of ether oxygens (including phenoxy) is 1. The summed E-state index contributed by atoms with van der Waals surface area (Å²) in [6.45, 7) is 0. The molecule has 1 aromatic rings. The first-order valence-electron chi connectivity index (χ1n) is 4.41. The Balaban J connectivity index is 2.08. The van der Waals surface area contributed by atoms with Crippen molar-refractivity contribution in [2.75, 3.05) is 0 Å². The number of hydrogen-bond donors (Lipinski definition) is 0. The molecule has 16 heavy (non-hydrogen) atoms. The van der Waals surface area contributed by atoms with E-state index in [1.54, 1.807) is 24.3 Å². The summed E-state index contributed by atoms with van der Waals surface area (Å²) in [4.78, 5) is 11.8. The lowest BCUT2D eigenvalue weighted by molar-refractivity contribution is 0.0953. The average Bonchev–Trinajstić information content (AvgIpc) is 2.96. The van der Waals surface area contributed by atoms with Crippen molar-refractivity contribution in [3.05, 3.63) is 34.9 Å².